The molecule has 3 aliphatic carbocycles. The van der Waals surface area contributed by atoms with E-state index < -0.39 is 5.54 Å². The summed E-state index contributed by atoms with van der Waals surface area (Å²) in [6.07, 6.45) is 12.1. The van der Waals surface area contributed by atoms with E-state index in [0.29, 0.717) is 5.92 Å². The molecule has 6 heteroatoms. The lowest BCUT2D eigenvalue weighted by Gasteiger charge is -2.45. The maximum absolute atomic E-state index is 14.6. The van der Waals surface area contributed by atoms with Crippen molar-refractivity contribution in [2.24, 2.45) is 16.3 Å². The van der Waals surface area contributed by atoms with Crippen LogP contribution in [0.5, 0.6) is 5.75 Å². The van der Waals surface area contributed by atoms with E-state index in [2.05, 4.69) is 32.0 Å². The predicted octanol–water partition coefficient (Wildman–Crippen LogP) is 6.33. The highest BCUT2D eigenvalue weighted by atomic mass is 32.2. The van der Waals surface area contributed by atoms with Crippen molar-refractivity contribution in [2.45, 2.75) is 96.1 Å². The van der Waals surface area contributed by atoms with Gasteiger partial charge in [-0.2, -0.15) is 0 Å². The number of methoxy groups -OCH3 is 1. The standard InChI is InChI=1S/C29H42N2O3S/c1-4-6-16-31-26(32)29(30-27(31)35-17-7-5-2)25-18-24(34-20-21-8-9-21)11-10-22(25)19-28(29)14-12-23(33-3)13-15-28/h10-11,18,21,23H,4-9,12-17,19-20H2,1-3H3. The van der Waals surface area contributed by atoms with Gasteiger partial charge in [-0.15, -0.1) is 0 Å². The predicted molar refractivity (Wildman–Crippen MR) is 143 cm³/mol. The van der Waals surface area contributed by atoms with Gasteiger partial charge in [0.1, 0.15) is 5.75 Å². The van der Waals surface area contributed by atoms with Gasteiger partial charge < -0.3 is 9.47 Å². The van der Waals surface area contributed by atoms with Crippen LogP contribution in [-0.4, -0.2) is 48.1 Å². The molecule has 2 saturated carbocycles. The first-order valence-corrected chi connectivity index (χ1v) is 14.9. The number of thioether (sulfide) groups is 1. The number of carbonyl (C=O) groups excluding carboxylic acids is 1. The molecule has 192 valence electrons. The number of nitrogens with zero attached hydrogens (tertiary/aromatic N) is 2. The third-order valence-electron chi connectivity index (χ3n) is 8.69. The molecule has 5 nitrogen and oxygen atoms in total. The molecule has 0 N–H and O–H groups in total. The van der Waals surface area contributed by atoms with Crippen LogP contribution in [0.4, 0.5) is 0 Å². The molecule has 4 aliphatic rings. The van der Waals surface area contributed by atoms with Crippen LogP contribution in [0.15, 0.2) is 23.2 Å². The van der Waals surface area contributed by atoms with E-state index in [1.807, 2.05) is 12.0 Å². The number of rotatable bonds is 10. The van der Waals surface area contributed by atoms with E-state index in [-0.39, 0.29) is 17.4 Å². The zero-order valence-electron chi connectivity index (χ0n) is 21.8. The average molecular weight is 499 g/mol. The number of aliphatic imine (C=N–C) groups is 1. The summed E-state index contributed by atoms with van der Waals surface area (Å²) < 4.78 is 11.9. The summed E-state index contributed by atoms with van der Waals surface area (Å²) in [4.78, 5) is 22.1. The molecule has 1 aromatic rings. The second-order valence-electron chi connectivity index (χ2n) is 11.1. The van der Waals surface area contributed by atoms with Gasteiger partial charge in [-0.05, 0) is 87.0 Å². The van der Waals surface area contributed by atoms with Crippen LogP contribution in [0.1, 0.15) is 89.2 Å². The highest BCUT2D eigenvalue weighted by molar-refractivity contribution is 8.13. The highest BCUT2D eigenvalue weighted by Gasteiger charge is 2.66. The Kier molecular flexibility index (Phi) is 7.50. The lowest BCUT2D eigenvalue weighted by molar-refractivity contribution is -0.138. The third kappa shape index (κ3) is 4.54. The monoisotopic (exact) mass is 498 g/mol. The summed E-state index contributed by atoms with van der Waals surface area (Å²) in [6.45, 7) is 5.96. The van der Waals surface area contributed by atoms with Crippen molar-refractivity contribution in [2.75, 3.05) is 26.0 Å². The van der Waals surface area contributed by atoms with Gasteiger partial charge in [0.05, 0.1) is 12.7 Å². The Balaban J connectivity index is 1.56. The van der Waals surface area contributed by atoms with Crippen molar-refractivity contribution in [3.8, 4) is 5.75 Å². The number of hydrogen-bond acceptors (Lipinski definition) is 5. The second-order valence-corrected chi connectivity index (χ2v) is 12.1. The van der Waals surface area contributed by atoms with Crippen molar-refractivity contribution in [3.63, 3.8) is 0 Å². The Hall–Kier alpha value is -1.53. The molecule has 1 heterocycles. The summed E-state index contributed by atoms with van der Waals surface area (Å²) in [7, 11) is 1.82. The van der Waals surface area contributed by atoms with Crippen molar-refractivity contribution >= 4 is 22.8 Å². The van der Waals surface area contributed by atoms with Crippen molar-refractivity contribution in [1.29, 1.82) is 0 Å². The van der Waals surface area contributed by atoms with E-state index >= 15 is 0 Å². The largest absolute Gasteiger partial charge is 0.493 e. The molecule has 1 atom stereocenters. The van der Waals surface area contributed by atoms with Gasteiger partial charge in [-0.1, -0.05) is 44.5 Å². The normalized spacial score (nSPS) is 29.8. The summed E-state index contributed by atoms with van der Waals surface area (Å²) in [5, 5.41) is 0.947. The van der Waals surface area contributed by atoms with Crippen LogP contribution in [0, 0.1) is 11.3 Å². The van der Waals surface area contributed by atoms with Crippen LogP contribution in [0.2, 0.25) is 0 Å². The Labute approximate surface area is 215 Å². The molecule has 1 aliphatic heterocycles. The summed E-state index contributed by atoms with van der Waals surface area (Å²) in [5.74, 6) is 2.81. The highest BCUT2D eigenvalue weighted by Crippen LogP contribution is 2.63. The van der Waals surface area contributed by atoms with E-state index in [1.54, 1.807) is 11.8 Å². The number of amidine groups is 1. The maximum atomic E-state index is 14.6. The fraction of sp³-hybridized carbons (Fsp3) is 0.724. The summed E-state index contributed by atoms with van der Waals surface area (Å²) >= 11 is 1.78. The van der Waals surface area contributed by atoms with Crippen LogP contribution in [0.25, 0.3) is 0 Å². The van der Waals surface area contributed by atoms with Gasteiger partial charge in [0.2, 0.25) is 0 Å². The first-order chi connectivity index (χ1) is 17.1. The molecule has 0 aromatic heterocycles. The molecule has 0 bridgehead atoms. The zero-order chi connectivity index (χ0) is 24.5. The van der Waals surface area contributed by atoms with Gasteiger partial charge >= 0.3 is 0 Å². The van der Waals surface area contributed by atoms with Crippen molar-refractivity contribution in [1.82, 2.24) is 4.90 Å². The molecule has 1 aromatic carbocycles. The van der Waals surface area contributed by atoms with E-state index in [4.69, 9.17) is 14.5 Å². The Morgan fingerprint density at radius 2 is 1.89 bits per heavy atom. The molecule has 35 heavy (non-hydrogen) atoms. The second kappa shape index (κ2) is 10.5. The zero-order valence-corrected chi connectivity index (χ0v) is 22.6. The van der Waals surface area contributed by atoms with Crippen LogP contribution in [0.3, 0.4) is 0 Å². The fourth-order valence-electron chi connectivity index (χ4n) is 6.32. The minimum absolute atomic E-state index is 0.173. The van der Waals surface area contributed by atoms with Gasteiger partial charge in [-0.25, -0.2) is 4.99 Å². The first kappa shape index (κ1) is 25.1. The van der Waals surface area contributed by atoms with Crippen LogP contribution < -0.4 is 4.74 Å². The number of carbonyl (C=O) groups is 1. The maximum Gasteiger partial charge on any atom is 0.261 e. The number of benzene rings is 1. The summed E-state index contributed by atoms with van der Waals surface area (Å²) in [5.41, 5.74) is 1.40. The summed E-state index contributed by atoms with van der Waals surface area (Å²) in [6, 6.07) is 6.51. The molecular weight excluding hydrogens is 456 g/mol. The number of ether oxygens (including phenoxy) is 2. The number of unbranched alkanes of at least 4 members (excludes halogenated alkanes) is 2. The van der Waals surface area contributed by atoms with E-state index in [0.717, 1.165) is 93.2 Å². The molecular formula is C29H42N2O3S. The van der Waals surface area contributed by atoms with Crippen LogP contribution in [-0.2, 0) is 21.5 Å². The van der Waals surface area contributed by atoms with E-state index in [1.165, 1.54) is 18.4 Å². The number of fused-ring (bicyclic) bond motifs is 3. The fourth-order valence-corrected chi connectivity index (χ4v) is 7.46. The average Bonchev–Trinajstić information content (AvgIpc) is 3.62. The van der Waals surface area contributed by atoms with E-state index in [9.17, 15) is 4.79 Å². The van der Waals surface area contributed by atoms with Gasteiger partial charge in [0.25, 0.3) is 5.91 Å². The molecule has 2 fully saturated rings. The lowest BCUT2D eigenvalue weighted by atomic mass is 9.61. The topological polar surface area (TPSA) is 51.1 Å². The lowest BCUT2D eigenvalue weighted by Crippen LogP contribution is -2.51. The molecule has 1 unspecified atom stereocenters. The van der Waals surface area contributed by atoms with Crippen LogP contribution >= 0.6 is 11.8 Å². The van der Waals surface area contributed by atoms with Gasteiger partial charge in [-0.3, -0.25) is 9.69 Å². The Morgan fingerprint density at radius 1 is 1.11 bits per heavy atom. The molecule has 5 rings (SSSR count). The van der Waals surface area contributed by atoms with Gasteiger partial charge in [0, 0.05) is 24.8 Å². The van der Waals surface area contributed by atoms with Crippen molar-refractivity contribution < 1.29 is 14.3 Å². The molecule has 0 saturated heterocycles. The number of hydrogen-bond donors (Lipinski definition) is 0. The molecule has 0 radical (unpaired) electrons. The minimum Gasteiger partial charge on any atom is -0.493 e. The smallest absolute Gasteiger partial charge is 0.261 e. The third-order valence-corrected chi connectivity index (χ3v) is 9.75. The quantitative estimate of drug-likeness (QED) is 0.354. The minimum atomic E-state index is -0.817. The Bertz CT molecular complexity index is 951. The van der Waals surface area contributed by atoms with Gasteiger partial charge in [0.15, 0.2) is 10.7 Å². The molecule has 1 amide bonds. The first-order valence-electron chi connectivity index (χ1n) is 13.9. The van der Waals surface area contributed by atoms with Crippen molar-refractivity contribution in [3.05, 3.63) is 29.3 Å². The SMILES string of the molecule is CCCCSC1=NC2(C(=O)N1CCCC)c1cc(OCC3CC3)ccc1CC21CCC(OC)CC1. The molecule has 2 spiro atoms. The Morgan fingerprint density at radius 3 is 2.57 bits per heavy atom. The number of amides is 1.